The molecule has 0 radical (unpaired) electrons. The zero-order valence-electron chi connectivity index (χ0n) is 9.95. The molecule has 1 aromatic carbocycles. The maximum atomic E-state index is 9.87. The van der Waals surface area contributed by atoms with Gasteiger partial charge in [-0.25, -0.2) is 0 Å². The van der Waals surface area contributed by atoms with Crippen LogP contribution in [0.5, 0.6) is 0 Å². The highest BCUT2D eigenvalue weighted by molar-refractivity contribution is 5.27. The van der Waals surface area contributed by atoms with Crippen LogP contribution in [0.25, 0.3) is 0 Å². The largest absolute Gasteiger partial charge is 0.386 e. The predicted molar refractivity (Wildman–Crippen MR) is 61.9 cm³/mol. The maximum absolute atomic E-state index is 9.87. The summed E-state index contributed by atoms with van der Waals surface area (Å²) in [5.74, 6) is 0. The van der Waals surface area contributed by atoms with Crippen LogP contribution in [0.4, 0.5) is 0 Å². The summed E-state index contributed by atoms with van der Waals surface area (Å²) in [7, 11) is 1.71. The van der Waals surface area contributed by atoms with E-state index in [0.29, 0.717) is 0 Å². The molecule has 84 valence electrons. The van der Waals surface area contributed by atoms with Gasteiger partial charge in [-0.15, -0.1) is 0 Å². The van der Waals surface area contributed by atoms with E-state index < -0.39 is 5.60 Å². The van der Waals surface area contributed by atoms with Gasteiger partial charge >= 0.3 is 0 Å². The molecular formula is C13H20O2. The highest BCUT2D eigenvalue weighted by atomic mass is 16.5. The third kappa shape index (κ3) is 3.65. The molecule has 2 heteroatoms. The molecule has 0 amide bonds. The Morgan fingerprint density at radius 2 is 2.07 bits per heavy atom. The third-order valence-corrected chi connectivity index (χ3v) is 2.56. The Hall–Kier alpha value is -0.860. The minimum Gasteiger partial charge on any atom is -0.386 e. The summed E-state index contributed by atoms with van der Waals surface area (Å²) in [5.41, 5.74) is 1.37. The lowest BCUT2D eigenvalue weighted by molar-refractivity contribution is 0.0783. The fourth-order valence-electron chi connectivity index (χ4n) is 1.49. The van der Waals surface area contributed by atoms with Crippen molar-refractivity contribution in [3.63, 3.8) is 0 Å². The van der Waals surface area contributed by atoms with Gasteiger partial charge in [0, 0.05) is 7.11 Å². The molecule has 1 rings (SSSR count). The van der Waals surface area contributed by atoms with Crippen LogP contribution in [0.3, 0.4) is 0 Å². The maximum Gasteiger partial charge on any atom is 0.0840 e. The van der Waals surface area contributed by atoms with Crippen molar-refractivity contribution in [1.82, 2.24) is 0 Å². The molecule has 0 saturated carbocycles. The average Bonchev–Trinajstić information content (AvgIpc) is 2.17. The second kappa shape index (κ2) is 4.77. The van der Waals surface area contributed by atoms with E-state index in [1.165, 1.54) is 5.56 Å². The smallest absolute Gasteiger partial charge is 0.0840 e. The van der Waals surface area contributed by atoms with E-state index in [0.717, 1.165) is 12.0 Å². The van der Waals surface area contributed by atoms with Gasteiger partial charge < -0.3 is 9.84 Å². The molecule has 0 aromatic heterocycles. The van der Waals surface area contributed by atoms with Crippen molar-refractivity contribution in [1.29, 1.82) is 0 Å². The summed E-state index contributed by atoms with van der Waals surface area (Å²) in [5, 5.41) is 9.87. The summed E-state index contributed by atoms with van der Waals surface area (Å²) >= 11 is 0. The predicted octanol–water partition coefficient (Wildman–Crippen LogP) is 2.49. The molecule has 0 aliphatic heterocycles. The zero-order chi connectivity index (χ0) is 11.5. The van der Waals surface area contributed by atoms with Crippen molar-refractivity contribution in [2.45, 2.75) is 38.9 Å². The number of benzene rings is 1. The first-order chi connectivity index (χ1) is 6.93. The molecule has 0 aliphatic carbocycles. The standard InChI is InChI=1S/C13H20O2/c1-10(15-4)8-11-6-5-7-12(9-11)13(2,3)14/h5-7,9-10,14H,8H2,1-4H3. The molecule has 0 saturated heterocycles. The van der Waals surface area contributed by atoms with E-state index in [2.05, 4.69) is 6.07 Å². The molecule has 0 heterocycles. The summed E-state index contributed by atoms with van der Waals surface area (Å²) in [6.45, 7) is 5.63. The highest BCUT2D eigenvalue weighted by Gasteiger charge is 2.16. The van der Waals surface area contributed by atoms with E-state index in [4.69, 9.17) is 4.74 Å². The van der Waals surface area contributed by atoms with Crippen LogP contribution in [0, 0.1) is 0 Å². The molecule has 15 heavy (non-hydrogen) atoms. The normalized spacial score (nSPS) is 13.9. The van der Waals surface area contributed by atoms with Crippen LogP contribution in [-0.2, 0) is 16.8 Å². The Bertz CT molecular complexity index is 313. The third-order valence-electron chi connectivity index (χ3n) is 2.56. The monoisotopic (exact) mass is 208 g/mol. The highest BCUT2D eigenvalue weighted by Crippen LogP contribution is 2.21. The van der Waals surface area contributed by atoms with Crippen molar-refractivity contribution in [3.8, 4) is 0 Å². The van der Waals surface area contributed by atoms with Crippen molar-refractivity contribution in [3.05, 3.63) is 35.4 Å². The first-order valence-electron chi connectivity index (χ1n) is 5.28. The van der Waals surface area contributed by atoms with E-state index in [1.54, 1.807) is 21.0 Å². The van der Waals surface area contributed by atoms with Gasteiger partial charge in [0.25, 0.3) is 0 Å². The Morgan fingerprint density at radius 3 is 2.60 bits per heavy atom. The van der Waals surface area contributed by atoms with Gasteiger partial charge in [-0.1, -0.05) is 24.3 Å². The molecule has 0 spiro atoms. The summed E-state index contributed by atoms with van der Waals surface area (Å²) < 4.78 is 5.22. The van der Waals surface area contributed by atoms with Crippen LogP contribution in [-0.4, -0.2) is 18.3 Å². The Labute approximate surface area is 91.9 Å². The van der Waals surface area contributed by atoms with Crippen molar-refractivity contribution < 1.29 is 9.84 Å². The van der Waals surface area contributed by atoms with Crippen molar-refractivity contribution in [2.75, 3.05) is 7.11 Å². The van der Waals surface area contributed by atoms with Crippen LogP contribution in [0.15, 0.2) is 24.3 Å². The molecule has 1 N–H and O–H groups in total. The topological polar surface area (TPSA) is 29.5 Å². The Morgan fingerprint density at radius 1 is 1.40 bits per heavy atom. The first kappa shape index (κ1) is 12.2. The molecule has 0 bridgehead atoms. The first-order valence-corrected chi connectivity index (χ1v) is 5.28. The SMILES string of the molecule is COC(C)Cc1cccc(C(C)(C)O)c1. The van der Waals surface area contributed by atoms with E-state index in [-0.39, 0.29) is 6.10 Å². The molecule has 0 fully saturated rings. The van der Waals surface area contributed by atoms with Gasteiger partial charge in [0.1, 0.15) is 0 Å². The minimum absolute atomic E-state index is 0.210. The van der Waals surface area contributed by atoms with E-state index in [9.17, 15) is 5.11 Å². The number of aliphatic hydroxyl groups is 1. The molecule has 1 atom stereocenters. The second-order valence-electron chi connectivity index (χ2n) is 4.51. The van der Waals surface area contributed by atoms with Crippen LogP contribution in [0.1, 0.15) is 31.9 Å². The Kier molecular flexibility index (Phi) is 3.89. The van der Waals surface area contributed by atoms with Crippen LogP contribution >= 0.6 is 0 Å². The van der Waals surface area contributed by atoms with Crippen molar-refractivity contribution in [2.24, 2.45) is 0 Å². The minimum atomic E-state index is -0.772. The number of rotatable bonds is 4. The number of hydrogen-bond donors (Lipinski definition) is 1. The van der Waals surface area contributed by atoms with Gasteiger partial charge in [0.05, 0.1) is 11.7 Å². The summed E-state index contributed by atoms with van der Waals surface area (Å²) in [4.78, 5) is 0. The van der Waals surface area contributed by atoms with Gasteiger partial charge in [0.15, 0.2) is 0 Å². The number of ether oxygens (including phenoxy) is 1. The fourth-order valence-corrected chi connectivity index (χ4v) is 1.49. The van der Waals surface area contributed by atoms with E-state index in [1.807, 2.05) is 25.1 Å². The van der Waals surface area contributed by atoms with Crippen LogP contribution in [0.2, 0.25) is 0 Å². The number of methoxy groups -OCH3 is 1. The molecule has 1 aromatic rings. The van der Waals surface area contributed by atoms with Crippen LogP contribution < -0.4 is 0 Å². The lowest BCUT2D eigenvalue weighted by atomic mass is 9.95. The van der Waals surface area contributed by atoms with Gasteiger partial charge in [-0.3, -0.25) is 0 Å². The second-order valence-corrected chi connectivity index (χ2v) is 4.51. The lowest BCUT2D eigenvalue weighted by Gasteiger charge is -2.19. The zero-order valence-corrected chi connectivity index (χ0v) is 9.95. The van der Waals surface area contributed by atoms with Crippen molar-refractivity contribution >= 4 is 0 Å². The summed E-state index contributed by atoms with van der Waals surface area (Å²) in [6.07, 6.45) is 1.09. The Balaban J connectivity index is 2.84. The molecule has 0 aliphatic rings. The quantitative estimate of drug-likeness (QED) is 0.823. The van der Waals surface area contributed by atoms with Gasteiger partial charge in [-0.2, -0.15) is 0 Å². The van der Waals surface area contributed by atoms with Gasteiger partial charge in [0.2, 0.25) is 0 Å². The number of hydrogen-bond acceptors (Lipinski definition) is 2. The van der Waals surface area contributed by atoms with E-state index >= 15 is 0 Å². The molecule has 1 unspecified atom stereocenters. The molecular weight excluding hydrogens is 188 g/mol. The fraction of sp³-hybridized carbons (Fsp3) is 0.538. The van der Waals surface area contributed by atoms with Gasteiger partial charge in [-0.05, 0) is 38.3 Å². The lowest BCUT2D eigenvalue weighted by Crippen LogP contribution is -2.16. The average molecular weight is 208 g/mol. The summed E-state index contributed by atoms with van der Waals surface area (Å²) in [6, 6.07) is 8.02. The molecule has 2 nitrogen and oxygen atoms in total.